The Hall–Kier alpha value is -2.53. The number of ether oxygens (including phenoxy) is 1. The second-order valence-electron chi connectivity index (χ2n) is 5.64. The van der Waals surface area contributed by atoms with Crippen molar-refractivity contribution in [2.24, 2.45) is 0 Å². The van der Waals surface area contributed by atoms with Crippen molar-refractivity contribution >= 4 is 17.3 Å². The summed E-state index contributed by atoms with van der Waals surface area (Å²) >= 11 is 0. The SMILES string of the molecule is Cc1ccc(C(=O)O)cc1Nc1ccc(OCCN(C)C)cc1. The zero-order valence-corrected chi connectivity index (χ0v) is 13.7. The van der Waals surface area contributed by atoms with Crippen LogP contribution in [0, 0.1) is 6.92 Å². The Morgan fingerprint density at radius 3 is 2.48 bits per heavy atom. The molecule has 5 heteroatoms. The van der Waals surface area contributed by atoms with Crippen LogP contribution in [0.3, 0.4) is 0 Å². The summed E-state index contributed by atoms with van der Waals surface area (Å²) in [5.74, 6) is -0.119. The summed E-state index contributed by atoms with van der Waals surface area (Å²) in [4.78, 5) is 13.1. The molecular formula is C18H22N2O3. The average Bonchev–Trinajstić information content (AvgIpc) is 2.50. The summed E-state index contributed by atoms with van der Waals surface area (Å²) < 4.78 is 5.65. The van der Waals surface area contributed by atoms with E-state index in [1.165, 1.54) is 0 Å². The third-order valence-corrected chi connectivity index (χ3v) is 3.43. The molecule has 2 aromatic rings. The highest BCUT2D eigenvalue weighted by molar-refractivity contribution is 5.89. The predicted octanol–water partition coefficient (Wildman–Crippen LogP) is 3.38. The Kier molecular flexibility index (Phi) is 5.60. The van der Waals surface area contributed by atoms with Gasteiger partial charge in [0, 0.05) is 17.9 Å². The summed E-state index contributed by atoms with van der Waals surface area (Å²) in [6.45, 7) is 3.44. The van der Waals surface area contributed by atoms with E-state index < -0.39 is 5.97 Å². The fourth-order valence-electron chi connectivity index (χ4n) is 2.03. The minimum atomic E-state index is -0.933. The van der Waals surface area contributed by atoms with Gasteiger partial charge in [0.15, 0.2) is 0 Å². The lowest BCUT2D eigenvalue weighted by Gasteiger charge is -2.13. The summed E-state index contributed by atoms with van der Waals surface area (Å²) in [7, 11) is 4.01. The molecule has 0 saturated carbocycles. The first-order valence-electron chi connectivity index (χ1n) is 7.44. The molecule has 0 aliphatic rings. The zero-order chi connectivity index (χ0) is 16.8. The van der Waals surface area contributed by atoms with Crippen molar-refractivity contribution in [2.75, 3.05) is 32.6 Å². The first-order chi connectivity index (χ1) is 11.0. The fourth-order valence-corrected chi connectivity index (χ4v) is 2.03. The minimum absolute atomic E-state index is 0.265. The van der Waals surface area contributed by atoms with Gasteiger partial charge in [0.1, 0.15) is 12.4 Å². The van der Waals surface area contributed by atoms with Crippen LogP contribution in [0.2, 0.25) is 0 Å². The number of likely N-dealkylation sites (N-methyl/N-ethyl adjacent to an activating group) is 1. The molecule has 2 aromatic carbocycles. The van der Waals surface area contributed by atoms with Crippen molar-refractivity contribution in [3.63, 3.8) is 0 Å². The van der Waals surface area contributed by atoms with E-state index >= 15 is 0 Å². The number of anilines is 2. The fraction of sp³-hybridized carbons (Fsp3) is 0.278. The van der Waals surface area contributed by atoms with Gasteiger partial charge in [-0.2, -0.15) is 0 Å². The number of carbonyl (C=O) groups is 1. The number of carboxylic acids is 1. The van der Waals surface area contributed by atoms with E-state index in [4.69, 9.17) is 9.84 Å². The van der Waals surface area contributed by atoms with E-state index in [1.807, 2.05) is 45.3 Å². The highest BCUT2D eigenvalue weighted by Crippen LogP contribution is 2.23. The van der Waals surface area contributed by atoms with Gasteiger partial charge in [-0.1, -0.05) is 6.07 Å². The smallest absolute Gasteiger partial charge is 0.335 e. The lowest BCUT2D eigenvalue weighted by molar-refractivity contribution is 0.0697. The second kappa shape index (κ2) is 7.65. The number of nitrogens with zero attached hydrogens (tertiary/aromatic N) is 1. The van der Waals surface area contributed by atoms with E-state index in [-0.39, 0.29) is 5.56 Å². The van der Waals surface area contributed by atoms with Crippen LogP contribution in [-0.2, 0) is 0 Å². The van der Waals surface area contributed by atoms with E-state index in [0.717, 1.165) is 29.2 Å². The van der Waals surface area contributed by atoms with Crippen LogP contribution in [0.4, 0.5) is 11.4 Å². The number of hydrogen-bond donors (Lipinski definition) is 2. The van der Waals surface area contributed by atoms with E-state index in [9.17, 15) is 4.79 Å². The first-order valence-corrected chi connectivity index (χ1v) is 7.44. The molecule has 2 rings (SSSR count). The standard InChI is InChI=1S/C18H22N2O3/c1-13-4-5-14(18(21)22)12-17(13)19-15-6-8-16(9-7-15)23-11-10-20(2)3/h4-9,12,19H,10-11H2,1-3H3,(H,21,22). The van der Waals surface area contributed by atoms with Gasteiger partial charge in [0.2, 0.25) is 0 Å². The Balaban J connectivity index is 2.03. The van der Waals surface area contributed by atoms with Crippen LogP contribution in [0.5, 0.6) is 5.75 Å². The molecule has 0 unspecified atom stereocenters. The Bertz CT molecular complexity index is 666. The molecule has 0 atom stereocenters. The van der Waals surface area contributed by atoms with Crippen LogP contribution in [-0.4, -0.2) is 43.2 Å². The van der Waals surface area contributed by atoms with Gasteiger partial charge in [-0.15, -0.1) is 0 Å². The van der Waals surface area contributed by atoms with Crippen molar-refractivity contribution in [2.45, 2.75) is 6.92 Å². The van der Waals surface area contributed by atoms with Gasteiger partial charge >= 0.3 is 5.97 Å². The summed E-state index contributed by atoms with van der Waals surface area (Å²) in [5.41, 5.74) is 2.92. The van der Waals surface area contributed by atoms with Crippen molar-refractivity contribution in [3.8, 4) is 5.75 Å². The predicted molar refractivity (Wildman–Crippen MR) is 91.9 cm³/mol. The first kappa shape index (κ1) is 16.8. The maximum absolute atomic E-state index is 11.1. The van der Waals surface area contributed by atoms with Gasteiger partial charge in [0.25, 0.3) is 0 Å². The van der Waals surface area contributed by atoms with Crippen LogP contribution in [0.15, 0.2) is 42.5 Å². The van der Waals surface area contributed by atoms with Gasteiger partial charge in [0.05, 0.1) is 5.56 Å². The lowest BCUT2D eigenvalue weighted by Crippen LogP contribution is -2.19. The number of aryl methyl sites for hydroxylation is 1. The summed E-state index contributed by atoms with van der Waals surface area (Å²) in [6, 6.07) is 12.7. The van der Waals surface area contributed by atoms with E-state index in [2.05, 4.69) is 10.2 Å². The molecule has 0 aromatic heterocycles. The zero-order valence-electron chi connectivity index (χ0n) is 13.7. The molecule has 5 nitrogen and oxygen atoms in total. The topological polar surface area (TPSA) is 61.8 Å². The molecule has 0 aliphatic heterocycles. The maximum Gasteiger partial charge on any atom is 0.335 e. The number of carboxylic acid groups (broad SMARTS) is 1. The van der Waals surface area contributed by atoms with Crippen LogP contribution in [0.25, 0.3) is 0 Å². The quantitative estimate of drug-likeness (QED) is 0.820. The van der Waals surface area contributed by atoms with Crippen molar-refractivity contribution in [1.82, 2.24) is 4.90 Å². The Labute approximate surface area is 136 Å². The number of hydrogen-bond acceptors (Lipinski definition) is 4. The third kappa shape index (κ3) is 5.00. The molecule has 0 aliphatic carbocycles. The number of aromatic carboxylic acids is 1. The number of benzene rings is 2. The van der Waals surface area contributed by atoms with Gasteiger partial charge < -0.3 is 20.1 Å². The molecule has 122 valence electrons. The molecule has 2 N–H and O–H groups in total. The van der Waals surface area contributed by atoms with Crippen molar-refractivity contribution < 1.29 is 14.6 Å². The van der Waals surface area contributed by atoms with Crippen molar-refractivity contribution in [3.05, 3.63) is 53.6 Å². The third-order valence-electron chi connectivity index (χ3n) is 3.43. The Morgan fingerprint density at radius 2 is 1.87 bits per heavy atom. The van der Waals surface area contributed by atoms with Gasteiger partial charge in [-0.05, 0) is 63.0 Å². The monoisotopic (exact) mass is 314 g/mol. The van der Waals surface area contributed by atoms with Gasteiger partial charge in [-0.25, -0.2) is 4.79 Å². The largest absolute Gasteiger partial charge is 0.492 e. The molecule has 23 heavy (non-hydrogen) atoms. The summed E-state index contributed by atoms with van der Waals surface area (Å²) in [6.07, 6.45) is 0. The second-order valence-corrected chi connectivity index (χ2v) is 5.64. The van der Waals surface area contributed by atoms with Gasteiger partial charge in [-0.3, -0.25) is 0 Å². The minimum Gasteiger partial charge on any atom is -0.492 e. The maximum atomic E-state index is 11.1. The van der Waals surface area contributed by atoms with Crippen molar-refractivity contribution in [1.29, 1.82) is 0 Å². The number of rotatable bonds is 7. The molecule has 0 bridgehead atoms. The average molecular weight is 314 g/mol. The summed E-state index contributed by atoms with van der Waals surface area (Å²) in [5, 5.41) is 12.3. The molecule has 0 amide bonds. The molecule has 0 radical (unpaired) electrons. The highest BCUT2D eigenvalue weighted by Gasteiger charge is 2.06. The molecule has 0 saturated heterocycles. The van der Waals surface area contributed by atoms with Crippen LogP contribution < -0.4 is 10.1 Å². The van der Waals surface area contributed by atoms with E-state index in [1.54, 1.807) is 18.2 Å². The van der Waals surface area contributed by atoms with E-state index in [0.29, 0.717) is 6.61 Å². The molecule has 0 fully saturated rings. The number of nitrogens with one attached hydrogen (secondary N) is 1. The lowest BCUT2D eigenvalue weighted by atomic mass is 10.1. The normalized spacial score (nSPS) is 10.6. The highest BCUT2D eigenvalue weighted by atomic mass is 16.5. The van der Waals surface area contributed by atoms with Crippen LogP contribution >= 0.6 is 0 Å². The van der Waals surface area contributed by atoms with Crippen LogP contribution in [0.1, 0.15) is 15.9 Å². The molecular weight excluding hydrogens is 292 g/mol. The molecule has 0 heterocycles. The molecule has 0 spiro atoms. The Morgan fingerprint density at radius 1 is 1.17 bits per heavy atom.